The summed E-state index contributed by atoms with van der Waals surface area (Å²) in [7, 11) is 0. The minimum Gasteiger partial charge on any atom is -0.366 e. The summed E-state index contributed by atoms with van der Waals surface area (Å²) in [5, 5.41) is 0. The summed E-state index contributed by atoms with van der Waals surface area (Å²) in [6.45, 7) is -1.72. The van der Waals surface area contributed by atoms with E-state index in [9.17, 15) is 31.1 Å². The number of ketones is 1. The number of ether oxygens (including phenoxy) is 1. The summed E-state index contributed by atoms with van der Waals surface area (Å²) in [5.41, 5.74) is 0.225. The molecule has 168 valence electrons. The van der Waals surface area contributed by atoms with Crippen molar-refractivity contribution in [2.45, 2.75) is 44.5 Å². The SMILES string of the molecule is CC(=O)c1ccc(N2C[C@H](c3ccc(C(F)(F)F)cc3)CC[C@H]2COC(F)F)cc1F. The van der Waals surface area contributed by atoms with Crippen LogP contribution in [-0.2, 0) is 10.9 Å². The second-order valence-electron chi connectivity index (χ2n) is 7.51. The van der Waals surface area contributed by atoms with Crippen molar-refractivity contribution in [3.8, 4) is 0 Å². The predicted molar refractivity (Wildman–Crippen MR) is 103 cm³/mol. The van der Waals surface area contributed by atoms with Crippen molar-refractivity contribution in [1.29, 1.82) is 0 Å². The number of piperidine rings is 1. The molecule has 3 nitrogen and oxygen atoms in total. The summed E-state index contributed by atoms with van der Waals surface area (Å²) in [6.07, 6.45) is -3.47. The number of Topliss-reactive ketones (excluding diaryl/α,β-unsaturated/α-hetero) is 1. The number of hydrogen-bond donors (Lipinski definition) is 0. The van der Waals surface area contributed by atoms with E-state index in [0.29, 0.717) is 24.1 Å². The van der Waals surface area contributed by atoms with Crippen LogP contribution >= 0.6 is 0 Å². The van der Waals surface area contributed by atoms with Crippen molar-refractivity contribution in [3.63, 3.8) is 0 Å². The van der Waals surface area contributed by atoms with Crippen molar-refractivity contribution in [2.24, 2.45) is 0 Å². The number of hydrogen-bond acceptors (Lipinski definition) is 3. The van der Waals surface area contributed by atoms with Crippen LogP contribution in [0.4, 0.5) is 32.0 Å². The molecule has 1 aliphatic heterocycles. The molecule has 0 aromatic heterocycles. The van der Waals surface area contributed by atoms with Crippen LogP contribution in [0, 0.1) is 5.82 Å². The van der Waals surface area contributed by atoms with Crippen LogP contribution in [0.3, 0.4) is 0 Å². The average Bonchev–Trinajstić information content (AvgIpc) is 2.71. The van der Waals surface area contributed by atoms with Crippen molar-refractivity contribution >= 4 is 11.5 Å². The number of carbonyl (C=O) groups is 1. The van der Waals surface area contributed by atoms with E-state index in [0.717, 1.165) is 12.1 Å². The van der Waals surface area contributed by atoms with E-state index in [4.69, 9.17) is 0 Å². The van der Waals surface area contributed by atoms with Gasteiger partial charge in [0.15, 0.2) is 5.78 Å². The molecule has 0 radical (unpaired) electrons. The molecule has 0 amide bonds. The van der Waals surface area contributed by atoms with Crippen LogP contribution in [-0.4, -0.2) is 31.6 Å². The van der Waals surface area contributed by atoms with Gasteiger partial charge in [-0.1, -0.05) is 12.1 Å². The van der Waals surface area contributed by atoms with E-state index in [2.05, 4.69) is 4.74 Å². The van der Waals surface area contributed by atoms with Gasteiger partial charge < -0.3 is 9.64 Å². The lowest BCUT2D eigenvalue weighted by atomic mass is 9.86. The van der Waals surface area contributed by atoms with Gasteiger partial charge in [0, 0.05) is 18.2 Å². The maximum absolute atomic E-state index is 14.4. The molecule has 2 aromatic rings. The zero-order chi connectivity index (χ0) is 22.8. The predicted octanol–water partition coefficient (Wildman–Crippen LogP) is 6.04. The van der Waals surface area contributed by atoms with Gasteiger partial charge in [0.05, 0.1) is 23.8 Å². The quantitative estimate of drug-likeness (QED) is 0.401. The highest BCUT2D eigenvalue weighted by atomic mass is 19.4. The molecular formula is C22H21F6NO2. The molecule has 1 fully saturated rings. The van der Waals surface area contributed by atoms with Crippen molar-refractivity contribution < 1.29 is 35.9 Å². The van der Waals surface area contributed by atoms with E-state index < -0.39 is 36.0 Å². The lowest BCUT2D eigenvalue weighted by Gasteiger charge is -2.41. The van der Waals surface area contributed by atoms with Crippen molar-refractivity contribution in [3.05, 3.63) is 65.0 Å². The lowest BCUT2D eigenvalue weighted by Crippen LogP contribution is -2.45. The highest BCUT2D eigenvalue weighted by Gasteiger charge is 2.33. The molecule has 0 bridgehead atoms. The molecule has 0 spiro atoms. The molecule has 2 aromatic carbocycles. The third-order valence-corrected chi connectivity index (χ3v) is 5.49. The number of alkyl halides is 5. The van der Waals surface area contributed by atoms with E-state index in [1.807, 2.05) is 0 Å². The molecular weight excluding hydrogens is 424 g/mol. The van der Waals surface area contributed by atoms with Crippen molar-refractivity contribution in [1.82, 2.24) is 0 Å². The summed E-state index contributed by atoms with van der Waals surface area (Å²) >= 11 is 0. The van der Waals surface area contributed by atoms with Crippen LogP contribution in [0.2, 0.25) is 0 Å². The van der Waals surface area contributed by atoms with E-state index in [-0.39, 0.29) is 24.6 Å². The first-order chi connectivity index (χ1) is 14.6. The smallest absolute Gasteiger partial charge is 0.366 e. The number of carbonyl (C=O) groups excluding carboxylic acids is 1. The Balaban J connectivity index is 1.86. The van der Waals surface area contributed by atoms with Gasteiger partial charge in [-0.3, -0.25) is 4.79 Å². The fraction of sp³-hybridized carbons (Fsp3) is 0.409. The van der Waals surface area contributed by atoms with Crippen molar-refractivity contribution in [2.75, 3.05) is 18.1 Å². The molecule has 0 aliphatic carbocycles. The van der Waals surface area contributed by atoms with Gasteiger partial charge in [0.1, 0.15) is 5.82 Å². The second-order valence-corrected chi connectivity index (χ2v) is 7.51. The number of anilines is 1. The third-order valence-electron chi connectivity index (χ3n) is 5.49. The van der Waals surface area contributed by atoms with Crippen LogP contribution < -0.4 is 4.90 Å². The maximum atomic E-state index is 14.4. The Morgan fingerprint density at radius 2 is 1.81 bits per heavy atom. The first-order valence-electron chi connectivity index (χ1n) is 9.70. The fourth-order valence-corrected chi connectivity index (χ4v) is 3.89. The monoisotopic (exact) mass is 445 g/mol. The van der Waals surface area contributed by atoms with Gasteiger partial charge >= 0.3 is 12.8 Å². The minimum absolute atomic E-state index is 0.0829. The Bertz CT molecular complexity index is 913. The highest BCUT2D eigenvalue weighted by Crippen LogP contribution is 2.36. The number of halogens is 6. The third kappa shape index (κ3) is 5.58. The van der Waals surface area contributed by atoms with Gasteiger partial charge in [0.25, 0.3) is 0 Å². The summed E-state index contributed by atoms with van der Waals surface area (Å²) in [4.78, 5) is 13.2. The molecule has 1 saturated heterocycles. The second kappa shape index (κ2) is 9.30. The van der Waals surface area contributed by atoms with E-state index >= 15 is 0 Å². The first-order valence-corrected chi connectivity index (χ1v) is 9.70. The molecule has 0 saturated carbocycles. The van der Waals surface area contributed by atoms with Gasteiger partial charge in [-0.15, -0.1) is 0 Å². The summed E-state index contributed by atoms with van der Waals surface area (Å²) in [6, 6.07) is 8.38. The van der Waals surface area contributed by atoms with Crippen LogP contribution in [0.25, 0.3) is 0 Å². The minimum atomic E-state index is -4.44. The molecule has 9 heteroatoms. The molecule has 2 atom stereocenters. The number of benzene rings is 2. The van der Waals surface area contributed by atoms with Gasteiger partial charge in [0.2, 0.25) is 0 Å². The van der Waals surface area contributed by atoms with Gasteiger partial charge in [-0.2, -0.15) is 22.0 Å². The van der Waals surface area contributed by atoms with Crippen LogP contribution in [0.1, 0.15) is 47.2 Å². The topological polar surface area (TPSA) is 29.5 Å². The van der Waals surface area contributed by atoms with Crippen LogP contribution in [0.5, 0.6) is 0 Å². The summed E-state index contributed by atoms with van der Waals surface area (Å²) in [5.74, 6) is -1.35. The zero-order valence-electron chi connectivity index (χ0n) is 16.6. The van der Waals surface area contributed by atoms with E-state index in [1.54, 1.807) is 4.90 Å². The molecule has 1 aliphatic rings. The van der Waals surface area contributed by atoms with Crippen LogP contribution in [0.15, 0.2) is 42.5 Å². The molecule has 31 heavy (non-hydrogen) atoms. The largest absolute Gasteiger partial charge is 0.416 e. The van der Waals surface area contributed by atoms with E-state index in [1.165, 1.54) is 37.3 Å². The number of rotatable bonds is 6. The Labute approximate surface area is 175 Å². The summed E-state index contributed by atoms with van der Waals surface area (Å²) < 4.78 is 82.5. The number of nitrogens with zero attached hydrogens (tertiary/aromatic N) is 1. The first kappa shape index (κ1) is 23.1. The standard InChI is InChI=1S/C22H21F6NO2/c1-13(30)19-9-8-17(10-20(19)23)29-11-15(4-7-18(29)12-31-21(24)25)14-2-5-16(6-3-14)22(26,27)28/h2-3,5-6,8-10,15,18,21H,4,7,11-12H2,1H3/t15-,18+/m1/s1. The molecule has 1 heterocycles. The maximum Gasteiger partial charge on any atom is 0.416 e. The zero-order valence-corrected chi connectivity index (χ0v) is 16.6. The Morgan fingerprint density at radius 3 is 2.35 bits per heavy atom. The lowest BCUT2D eigenvalue weighted by molar-refractivity contribution is -0.137. The highest BCUT2D eigenvalue weighted by molar-refractivity contribution is 5.94. The normalized spacial score (nSPS) is 19.7. The molecule has 0 unspecified atom stereocenters. The average molecular weight is 445 g/mol. The Kier molecular flexibility index (Phi) is 6.93. The van der Waals surface area contributed by atoms with Gasteiger partial charge in [-0.25, -0.2) is 4.39 Å². The molecule has 3 rings (SSSR count). The Morgan fingerprint density at radius 1 is 1.13 bits per heavy atom. The fourth-order valence-electron chi connectivity index (χ4n) is 3.89. The Hall–Kier alpha value is -2.55. The molecule has 0 N–H and O–H groups in total. The van der Waals surface area contributed by atoms with Gasteiger partial charge in [-0.05, 0) is 55.7 Å².